The van der Waals surface area contributed by atoms with Crippen LogP contribution in [-0.2, 0) is 9.59 Å². The maximum Gasteiger partial charge on any atom is 0.272 e. The Balaban J connectivity index is 1.23. The van der Waals surface area contributed by atoms with Gasteiger partial charge in [0.25, 0.3) is 11.8 Å². The van der Waals surface area contributed by atoms with E-state index in [4.69, 9.17) is 11.6 Å². The average Bonchev–Trinajstić information content (AvgIpc) is 3.13. The third kappa shape index (κ3) is 8.27. The van der Waals surface area contributed by atoms with Crippen molar-refractivity contribution in [2.45, 2.75) is 17.1 Å². The van der Waals surface area contributed by atoms with E-state index < -0.39 is 17.1 Å². The third-order valence-corrected chi connectivity index (χ3v) is 9.56. The molecule has 3 N–H and O–H groups in total. The Bertz CT molecular complexity index is 2150. The minimum Gasteiger partial charge on any atom is -0.325 e. The van der Waals surface area contributed by atoms with Crippen LogP contribution in [0.25, 0.3) is 16.8 Å². The molecule has 1 unspecified atom stereocenters. The van der Waals surface area contributed by atoms with Crippen molar-refractivity contribution in [3.05, 3.63) is 179 Å². The third-order valence-electron chi connectivity index (χ3n) is 7.88. The molecule has 0 aliphatic carbocycles. The number of halogens is 1. The van der Waals surface area contributed by atoms with Crippen molar-refractivity contribution in [2.75, 3.05) is 10.6 Å². The molecule has 6 aromatic rings. The van der Waals surface area contributed by atoms with Crippen molar-refractivity contribution < 1.29 is 14.4 Å². The molecule has 6 rings (SSSR count). The minimum absolute atomic E-state index is 0.0979. The van der Waals surface area contributed by atoms with E-state index in [1.807, 2.05) is 104 Å². The number of thioether (sulfide) groups is 1. The fourth-order valence-corrected chi connectivity index (χ4v) is 6.47. The monoisotopic (exact) mass is 681 g/mol. The highest BCUT2D eigenvalue weighted by molar-refractivity contribution is 8.00. The van der Waals surface area contributed by atoms with Crippen LogP contribution in [0.15, 0.2) is 156 Å². The van der Waals surface area contributed by atoms with Crippen LogP contribution in [0.2, 0.25) is 5.02 Å². The van der Waals surface area contributed by atoms with Gasteiger partial charge in [0.05, 0.1) is 0 Å². The van der Waals surface area contributed by atoms with Crippen LogP contribution in [0.4, 0.5) is 11.4 Å². The zero-order valence-electron chi connectivity index (χ0n) is 26.5. The molecule has 0 aliphatic heterocycles. The van der Waals surface area contributed by atoms with E-state index in [0.29, 0.717) is 22.0 Å². The Hall–Kier alpha value is -5.63. The van der Waals surface area contributed by atoms with Gasteiger partial charge in [-0.05, 0) is 89.0 Å². The number of rotatable bonds is 10. The van der Waals surface area contributed by atoms with Gasteiger partial charge >= 0.3 is 0 Å². The summed E-state index contributed by atoms with van der Waals surface area (Å²) in [5.41, 5.74) is 4.15. The van der Waals surface area contributed by atoms with Crippen LogP contribution in [0.1, 0.15) is 32.3 Å². The first-order valence-corrected chi connectivity index (χ1v) is 16.9. The molecule has 6 aromatic carbocycles. The molecule has 1 atom stereocenters. The van der Waals surface area contributed by atoms with Gasteiger partial charge in [-0.1, -0.05) is 109 Å². The van der Waals surface area contributed by atoms with Gasteiger partial charge in [0.15, 0.2) is 0 Å². The molecule has 0 saturated carbocycles. The maximum absolute atomic E-state index is 13.7. The molecule has 0 radical (unpaired) electrons. The van der Waals surface area contributed by atoms with Crippen molar-refractivity contribution in [3.8, 4) is 0 Å². The molecule has 242 valence electrons. The normalized spacial score (nSPS) is 11.8. The summed E-state index contributed by atoms with van der Waals surface area (Å²) in [5, 5.41) is 10.8. The quantitative estimate of drug-likeness (QED) is 0.0993. The van der Waals surface area contributed by atoms with Crippen LogP contribution in [0.5, 0.6) is 0 Å². The number of anilines is 2. The molecular weight excluding hydrogens is 650 g/mol. The molecule has 0 heterocycles. The predicted molar refractivity (Wildman–Crippen MR) is 201 cm³/mol. The van der Waals surface area contributed by atoms with E-state index in [-0.39, 0.29) is 11.6 Å². The summed E-state index contributed by atoms with van der Waals surface area (Å²) in [6, 6.07) is 44.7. The number of benzene rings is 6. The van der Waals surface area contributed by atoms with Gasteiger partial charge in [0.2, 0.25) is 5.91 Å². The summed E-state index contributed by atoms with van der Waals surface area (Å²) < 4.78 is 0. The summed E-state index contributed by atoms with van der Waals surface area (Å²) in [7, 11) is 0. The Morgan fingerprint density at radius 2 is 1.35 bits per heavy atom. The number of carbonyl (C=O) groups excluding carboxylic acids is 3. The highest BCUT2D eigenvalue weighted by Crippen LogP contribution is 2.37. The van der Waals surface area contributed by atoms with Gasteiger partial charge < -0.3 is 16.0 Å². The summed E-state index contributed by atoms with van der Waals surface area (Å²) in [6.07, 6.45) is 1.69. The van der Waals surface area contributed by atoms with Crippen LogP contribution < -0.4 is 16.0 Å². The number of amides is 3. The molecule has 0 bridgehead atoms. The molecule has 3 amide bonds. The van der Waals surface area contributed by atoms with Gasteiger partial charge in [0, 0.05) is 26.9 Å². The second-order valence-corrected chi connectivity index (χ2v) is 12.8. The highest BCUT2D eigenvalue weighted by atomic mass is 35.5. The topological polar surface area (TPSA) is 87.3 Å². The Kier molecular flexibility index (Phi) is 10.5. The van der Waals surface area contributed by atoms with Crippen molar-refractivity contribution >= 4 is 69.3 Å². The van der Waals surface area contributed by atoms with Gasteiger partial charge in [-0.25, -0.2) is 0 Å². The van der Waals surface area contributed by atoms with E-state index in [1.54, 1.807) is 54.6 Å². The second-order valence-electron chi connectivity index (χ2n) is 11.2. The average molecular weight is 682 g/mol. The van der Waals surface area contributed by atoms with E-state index in [0.717, 1.165) is 32.4 Å². The van der Waals surface area contributed by atoms with E-state index in [9.17, 15) is 14.4 Å². The SMILES string of the molecule is Cc1c(Cl)cccc1NC(=O)C(Sc1ccc(NC(=O)/C(=C/c2cccc3ccccc23)NC(=O)c2ccccc2)cc1)c1ccccc1. The molecule has 0 fully saturated rings. The number of fused-ring (bicyclic) bond motifs is 1. The Morgan fingerprint density at radius 1 is 0.694 bits per heavy atom. The maximum atomic E-state index is 13.7. The van der Waals surface area contributed by atoms with Gasteiger partial charge in [-0.3, -0.25) is 14.4 Å². The molecular formula is C41H32ClN3O3S. The Labute approximate surface area is 294 Å². The lowest BCUT2D eigenvalue weighted by Gasteiger charge is -2.18. The fraction of sp³-hybridized carbons (Fsp3) is 0.0488. The van der Waals surface area contributed by atoms with Crippen LogP contribution in [0.3, 0.4) is 0 Å². The largest absolute Gasteiger partial charge is 0.325 e. The van der Waals surface area contributed by atoms with Crippen LogP contribution in [-0.4, -0.2) is 17.7 Å². The summed E-state index contributed by atoms with van der Waals surface area (Å²) >= 11 is 7.70. The van der Waals surface area contributed by atoms with Crippen molar-refractivity contribution in [3.63, 3.8) is 0 Å². The molecule has 8 heteroatoms. The molecule has 0 spiro atoms. The molecule has 0 aromatic heterocycles. The number of hydrogen-bond donors (Lipinski definition) is 3. The van der Waals surface area contributed by atoms with Crippen LogP contribution >= 0.6 is 23.4 Å². The van der Waals surface area contributed by atoms with Gasteiger partial charge in [-0.2, -0.15) is 0 Å². The molecule has 49 heavy (non-hydrogen) atoms. The smallest absolute Gasteiger partial charge is 0.272 e. The number of nitrogens with one attached hydrogen (secondary N) is 3. The first-order valence-electron chi connectivity index (χ1n) is 15.6. The standard InChI is InChI=1S/C41H32ClN3O3S/c1-27-35(42)20-11-21-36(27)44-41(48)38(29-13-4-2-5-14-29)49-33-24-22-32(23-25-33)43-40(47)37(45-39(46)30-15-6-3-7-16-30)26-31-18-10-17-28-12-8-9-19-34(28)31/h2-26,38H,1H3,(H,43,47)(H,44,48)(H,45,46)/b37-26-. The number of carbonyl (C=O) groups is 3. The zero-order chi connectivity index (χ0) is 34.2. The lowest BCUT2D eigenvalue weighted by molar-refractivity contribution is -0.116. The second kappa shape index (κ2) is 15.5. The predicted octanol–water partition coefficient (Wildman–Crippen LogP) is 9.68. The van der Waals surface area contributed by atoms with Crippen molar-refractivity contribution in [1.82, 2.24) is 5.32 Å². The van der Waals surface area contributed by atoms with E-state index in [1.165, 1.54) is 11.8 Å². The van der Waals surface area contributed by atoms with Crippen LogP contribution in [0, 0.1) is 6.92 Å². The van der Waals surface area contributed by atoms with Crippen molar-refractivity contribution in [2.24, 2.45) is 0 Å². The molecule has 0 aliphatic rings. The first-order chi connectivity index (χ1) is 23.9. The lowest BCUT2D eigenvalue weighted by Crippen LogP contribution is -2.30. The summed E-state index contributed by atoms with van der Waals surface area (Å²) in [5.74, 6) is -1.06. The van der Waals surface area contributed by atoms with Gasteiger partial charge in [0.1, 0.15) is 10.9 Å². The van der Waals surface area contributed by atoms with E-state index >= 15 is 0 Å². The fourth-order valence-electron chi connectivity index (χ4n) is 5.27. The summed E-state index contributed by atoms with van der Waals surface area (Å²) in [4.78, 5) is 41.3. The molecule has 0 saturated heterocycles. The van der Waals surface area contributed by atoms with Gasteiger partial charge in [-0.15, -0.1) is 11.8 Å². The Morgan fingerprint density at radius 3 is 2.10 bits per heavy atom. The zero-order valence-corrected chi connectivity index (χ0v) is 28.1. The highest BCUT2D eigenvalue weighted by Gasteiger charge is 2.23. The van der Waals surface area contributed by atoms with Crippen molar-refractivity contribution in [1.29, 1.82) is 0 Å². The first kappa shape index (κ1) is 33.3. The number of hydrogen-bond acceptors (Lipinski definition) is 4. The van der Waals surface area contributed by atoms with E-state index in [2.05, 4.69) is 16.0 Å². The minimum atomic E-state index is -0.552. The molecule has 6 nitrogen and oxygen atoms in total. The summed E-state index contributed by atoms with van der Waals surface area (Å²) in [6.45, 7) is 1.87. The lowest BCUT2D eigenvalue weighted by atomic mass is 10.0.